The minimum absolute atomic E-state index is 0.238. The van der Waals surface area contributed by atoms with Crippen molar-refractivity contribution in [3.63, 3.8) is 0 Å². The topological polar surface area (TPSA) is 46.9 Å². The minimum Gasteiger partial charge on any atom is -0.338 e. The van der Waals surface area contributed by atoms with E-state index in [0.717, 1.165) is 10.8 Å². The number of nitrogens with zero attached hydrogens (tertiary/aromatic N) is 2. The second-order valence-electron chi connectivity index (χ2n) is 6.42. The number of amides is 1. The Morgan fingerprint density at radius 2 is 1.85 bits per heavy atom. The highest BCUT2D eigenvalue weighted by Crippen LogP contribution is 2.23. The quantitative estimate of drug-likeness (QED) is 0.593. The number of aryl methyl sites for hydroxylation is 1. The van der Waals surface area contributed by atoms with Crippen LogP contribution in [0.3, 0.4) is 0 Å². The van der Waals surface area contributed by atoms with Crippen molar-refractivity contribution in [1.82, 2.24) is 14.9 Å². The lowest BCUT2D eigenvalue weighted by atomic mass is 10.0. The molecule has 1 heterocycles. The first-order chi connectivity index (χ1) is 13.1. The fourth-order valence-electron chi connectivity index (χ4n) is 3.18. The molecular weight excluding hydrogens is 341 g/mol. The van der Waals surface area contributed by atoms with Crippen molar-refractivity contribution in [3.8, 4) is 0 Å². The molecular formula is C22H18FN3O. The van der Waals surface area contributed by atoms with Gasteiger partial charge in [-0.25, -0.2) is 9.37 Å². The van der Waals surface area contributed by atoms with Gasteiger partial charge in [0.05, 0.1) is 0 Å². The lowest BCUT2D eigenvalue weighted by Gasteiger charge is -2.19. The average Bonchev–Trinajstić information content (AvgIpc) is 3.11. The summed E-state index contributed by atoms with van der Waals surface area (Å²) in [4.78, 5) is 17.3. The van der Waals surface area contributed by atoms with Gasteiger partial charge in [-0.1, -0.05) is 42.5 Å². The summed E-state index contributed by atoms with van der Waals surface area (Å²) in [6.07, 6.45) is 3.45. The Morgan fingerprint density at radius 3 is 2.59 bits per heavy atom. The van der Waals surface area contributed by atoms with Gasteiger partial charge in [-0.05, 0) is 40.6 Å². The van der Waals surface area contributed by atoms with Gasteiger partial charge in [0.1, 0.15) is 17.7 Å². The normalized spacial score (nSPS) is 12.1. The summed E-state index contributed by atoms with van der Waals surface area (Å²) in [6, 6.07) is 19.1. The first kappa shape index (κ1) is 17.0. The second kappa shape index (κ2) is 7.03. The summed E-state index contributed by atoms with van der Waals surface area (Å²) in [5.41, 5.74) is 1.18. The molecule has 1 aromatic heterocycles. The van der Waals surface area contributed by atoms with E-state index < -0.39 is 6.04 Å². The third-order valence-corrected chi connectivity index (χ3v) is 4.59. The molecule has 1 atom stereocenters. The van der Waals surface area contributed by atoms with Gasteiger partial charge in [0, 0.05) is 25.0 Å². The van der Waals surface area contributed by atoms with E-state index in [0.29, 0.717) is 17.0 Å². The molecule has 0 aliphatic heterocycles. The summed E-state index contributed by atoms with van der Waals surface area (Å²) < 4.78 is 15.6. The van der Waals surface area contributed by atoms with Crippen LogP contribution in [0.15, 0.2) is 79.1 Å². The van der Waals surface area contributed by atoms with Gasteiger partial charge in [-0.2, -0.15) is 0 Å². The van der Waals surface area contributed by atoms with Crippen molar-refractivity contribution < 1.29 is 9.18 Å². The SMILES string of the molecule is Cn1ccnc1[C@H](NC(=O)c1ccc2ccccc2c1)c1cccc(F)c1. The van der Waals surface area contributed by atoms with Crippen molar-refractivity contribution >= 4 is 16.7 Å². The lowest BCUT2D eigenvalue weighted by molar-refractivity contribution is 0.0941. The molecule has 4 aromatic rings. The van der Waals surface area contributed by atoms with Crippen molar-refractivity contribution in [3.05, 3.63) is 102 Å². The zero-order valence-corrected chi connectivity index (χ0v) is 14.8. The maximum absolute atomic E-state index is 13.8. The number of imidazole rings is 1. The smallest absolute Gasteiger partial charge is 0.252 e. The van der Waals surface area contributed by atoms with Gasteiger partial charge >= 0.3 is 0 Å². The van der Waals surface area contributed by atoms with Crippen molar-refractivity contribution in [1.29, 1.82) is 0 Å². The molecule has 1 N–H and O–H groups in total. The molecule has 4 nitrogen and oxygen atoms in total. The Kier molecular flexibility index (Phi) is 4.42. The van der Waals surface area contributed by atoms with Crippen LogP contribution in [0.4, 0.5) is 4.39 Å². The first-order valence-electron chi connectivity index (χ1n) is 8.64. The number of nitrogens with one attached hydrogen (secondary N) is 1. The number of carbonyl (C=O) groups is 1. The van der Waals surface area contributed by atoms with Crippen molar-refractivity contribution in [2.24, 2.45) is 7.05 Å². The van der Waals surface area contributed by atoms with Gasteiger partial charge in [-0.15, -0.1) is 0 Å². The van der Waals surface area contributed by atoms with E-state index in [9.17, 15) is 9.18 Å². The number of rotatable bonds is 4. The molecule has 0 radical (unpaired) electrons. The maximum atomic E-state index is 13.8. The van der Waals surface area contributed by atoms with Crippen LogP contribution in [0.2, 0.25) is 0 Å². The minimum atomic E-state index is -0.556. The van der Waals surface area contributed by atoms with E-state index in [1.165, 1.54) is 12.1 Å². The van der Waals surface area contributed by atoms with Gasteiger partial charge in [-0.3, -0.25) is 4.79 Å². The fourth-order valence-corrected chi connectivity index (χ4v) is 3.18. The molecule has 4 rings (SSSR count). The molecule has 0 saturated heterocycles. The van der Waals surface area contributed by atoms with Crippen molar-refractivity contribution in [2.45, 2.75) is 6.04 Å². The highest BCUT2D eigenvalue weighted by atomic mass is 19.1. The monoisotopic (exact) mass is 359 g/mol. The molecule has 0 saturated carbocycles. The summed E-state index contributed by atoms with van der Waals surface area (Å²) in [6.45, 7) is 0. The molecule has 134 valence electrons. The number of aromatic nitrogens is 2. The molecule has 27 heavy (non-hydrogen) atoms. The summed E-state index contributed by atoms with van der Waals surface area (Å²) >= 11 is 0. The molecule has 0 aliphatic rings. The Bertz CT molecular complexity index is 1120. The predicted molar refractivity (Wildman–Crippen MR) is 103 cm³/mol. The van der Waals surface area contributed by atoms with Crippen LogP contribution in [-0.2, 0) is 7.05 Å². The third-order valence-electron chi connectivity index (χ3n) is 4.59. The van der Waals surface area contributed by atoms with E-state index >= 15 is 0 Å². The van der Waals surface area contributed by atoms with Crippen LogP contribution < -0.4 is 5.32 Å². The zero-order valence-electron chi connectivity index (χ0n) is 14.8. The number of carbonyl (C=O) groups excluding carboxylic acids is 1. The van der Waals surface area contributed by atoms with E-state index in [-0.39, 0.29) is 11.7 Å². The Balaban J connectivity index is 1.70. The summed E-state index contributed by atoms with van der Waals surface area (Å²) in [5.74, 6) is 0.0411. The van der Waals surface area contributed by atoms with Gasteiger partial charge in [0.15, 0.2) is 0 Å². The molecule has 0 aliphatic carbocycles. The number of benzene rings is 3. The highest BCUT2D eigenvalue weighted by Gasteiger charge is 2.22. The van der Waals surface area contributed by atoms with E-state index in [1.807, 2.05) is 48.0 Å². The summed E-state index contributed by atoms with van der Waals surface area (Å²) in [5, 5.41) is 5.06. The maximum Gasteiger partial charge on any atom is 0.252 e. The van der Waals surface area contributed by atoms with Gasteiger partial charge < -0.3 is 9.88 Å². The second-order valence-corrected chi connectivity index (χ2v) is 6.42. The van der Waals surface area contributed by atoms with Crippen LogP contribution in [-0.4, -0.2) is 15.5 Å². The molecule has 0 bridgehead atoms. The molecule has 0 spiro atoms. The third kappa shape index (κ3) is 3.44. The zero-order chi connectivity index (χ0) is 18.8. The number of hydrogen-bond acceptors (Lipinski definition) is 2. The van der Waals surface area contributed by atoms with E-state index in [1.54, 1.807) is 30.6 Å². The fraction of sp³-hybridized carbons (Fsp3) is 0.0909. The van der Waals surface area contributed by atoms with Gasteiger partial charge in [0.2, 0.25) is 0 Å². The number of fused-ring (bicyclic) bond motifs is 1. The van der Waals surface area contributed by atoms with Crippen LogP contribution in [0.5, 0.6) is 0 Å². The van der Waals surface area contributed by atoms with Crippen LogP contribution >= 0.6 is 0 Å². The van der Waals surface area contributed by atoms with Crippen LogP contribution in [0.1, 0.15) is 27.8 Å². The number of hydrogen-bond donors (Lipinski definition) is 1. The largest absolute Gasteiger partial charge is 0.338 e. The lowest BCUT2D eigenvalue weighted by Crippen LogP contribution is -2.31. The Hall–Kier alpha value is -3.47. The molecule has 3 aromatic carbocycles. The predicted octanol–water partition coefficient (Wildman–Crippen LogP) is 4.23. The average molecular weight is 359 g/mol. The Morgan fingerprint density at radius 1 is 1.04 bits per heavy atom. The molecule has 5 heteroatoms. The number of halogens is 1. The standard InChI is InChI=1S/C22H18FN3O/c1-26-12-11-24-21(26)20(17-7-4-8-19(23)14-17)25-22(27)18-10-9-15-5-2-3-6-16(15)13-18/h2-14,20H,1H3,(H,25,27)/t20-/m1/s1. The van der Waals surface area contributed by atoms with Crippen LogP contribution in [0, 0.1) is 5.82 Å². The molecule has 0 unspecified atom stereocenters. The first-order valence-corrected chi connectivity index (χ1v) is 8.64. The van der Waals surface area contributed by atoms with Crippen LogP contribution in [0.25, 0.3) is 10.8 Å². The molecule has 1 amide bonds. The summed E-state index contributed by atoms with van der Waals surface area (Å²) in [7, 11) is 1.84. The van der Waals surface area contributed by atoms with E-state index in [4.69, 9.17) is 0 Å². The molecule has 0 fully saturated rings. The van der Waals surface area contributed by atoms with Gasteiger partial charge in [0.25, 0.3) is 5.91 Å². The Labute approximate surface area is 156 Å². The van der Waals surface area contributed by atoms with Crippen molar-refractivity contribution in [2.75, 3.05) is 0 Å². The van der Waals surface area contributed by atoms with E-state index in [2.05, 4.69) is 10.3 Å². The highest BCUT2D eigenvalue weighted by molar-refractivity contribution is 5.98.